The summed E-state index contributed by atoms with van der Waals surface area (Å²) in [5.41, 5.74) is 3.12. The molecule has 0 aliphatic carbocycles. The molecule has 1 fully saturated rings. The Morgan fingerprint density at radius 2 is 1.68 bits per heavy atom. The van der Waals surface area contributed by atoms with Crippen LogP contribution in [-0.4, -0.2) is 26.8 Å². The number of Topliss-reactive ketones (excluding diaryl/α,β-unsaturated/α-hetero) is 1. The molecule has 1 unspecified atom stereocenters. The van der Waals surface area contributed by atoms with Crippen LogP contribution in [0.15, 0.2) is 101 Å². The molecule has 5 rings (SSSR count). The van der Waals surface area contributed by atoms with Crippen molar-refractivity contribution in [1.29, 1.82) is 0 Å². The van der Waals surface area contributed by atoms with Gasteiger partial charge in [0.25, 0.3) is 11.7 Å². The molecule has 37 heavy (non-hydrogen) atoms. The number of furan rings is 1. The number of hydrogen-bond donors (Lipinski definition) is 2. The summed E-state index contributed by atoms with van der Waals surface area (Å²) in [4.78, 5) is 27.6. The van der Waals surface area contributed by atoms with Crippen LogP contribution in [0.25, 0.3) is 5.76 Å². The third-order valence-corrected chi connectivity index (χ3v) is 6.44. The Labute approximate surface area is 213 Å². The van der Waals surface area contributed by atoms with Gasteiger partial charge in [-0.3, -0.25) is 9.59 Å². The fourth-order valence-corrected chi connectivity index (χ4v) is 4.41. The summed E-state index contributed by atoms with van der Waals surface area (Å²) in [6, 6.07) is 23.4. The largest absolute Gasteiger partial charge is 0.508 e. The quantitative estimate of drug-likeness (QED) is 0.200. The zero-order valence-corrected chi connectivity index (χ0v) is 20.1. The number of likely N-dealkylation sites (tertiary alicyclic amines) is 1. The van der Waals surface area contributed by atoms with Crippen LogP contribution < -0.4 is 4.74 Å². The lowest BCUT2D eigenvalue weighted by molar-refractivity contribution is -0.140. The number of phenolic OH excluding ortho intramolecular Hbond substituents is 1. The van der Waals surface area contributed by atoms with Crippen molar-refractivity contribution in [1.82, 2.24) is 4.90 Å². The fourth-order valence-electron chi connectivity index (χ4n) is 4.41. The van der Waals surface area contributed by atoms with Gasteiger partial charge in [-0.2, -0.15) is 0 Å². The van der Waals surface area contributed by atoms with E-state index in [4.69, 9.17) is 9.15 Å². The maximum atomic E-state index is 13.2. The summed E-state index contributed by atoms with van der Waals surface area (Å²) in [6.45, 7) is 2.47. The summed E-state index contributed by atoms with van der Waals surface area (Å²) >= 11 is 0. The van der Waals surface area contributed by atoms with Crippen molar-refractivity contribution in [3.05, 3.63) is 125 Å². The second-order valence-electron chi connectivity index (χ2n) is 8.84. The van der Waals surface area contributed by atoms with E-state index in [1.807, 2.05) is 31.2 Å². The fraction of sp³-hybridized carbons (Fsp3) is 0.133. The van der Waals surface area contributed by atoms with Gasteiger partial charge in [0.05, 0.1) is 24.4 Å². The molecule has 7 heteroatoms. The third kappa shape index (κ3) is 4.84. The zero-order chi connectivity index (χ0) is 25.9. The van der Waals surface area contributed by atoms with E-state index in [0.717, 1.165) is 11.1 Å². The molecular weight excluding hydrogens is 470 g/mol. The number of ketones is 1. The summed E-state index contributed by atoms with van der Waals surface area (Å²) in [7, 11) is 0. The van der Waals surface area contributed by atoms with Crippen molar-refractivity contribution < 1.29 is 29.0 Å². The van der Waals surface area contributed by atoms with Crippen molar-refractivity contribution in [2.24, 2.45) is 0 Å². The van der Waals surface area contributed by atoms with Crippen molar-refractivity contribution in [2.75, 3.05) is 0 Å². The third-order valence-electron chi connectivity index (χ3n) is 6.44. The van der Waals surface area contributed by atoms with Crippen LogP contribution in [0.1, 0.15) is 34.1 Å². The van der Waals surface area contributed by atoms with Crippen molar-refractivity contribution in [2.45, 2.75) is 26.1 Å². The standard InChI is InChI=1S/C30H25NO6/c1-19-5-2-3-6-22(19)18-37-24-14-10-21(11-15-24)28(33)26-27(20-8-12-23(32)13-9-20)31(30(35)29(26)34)17-25-7-4-16-36-25/h2-16,27,32-33H,17-18H2,1H3/b28-26+. The maximum absolute atomic E-state index is 13.2. The Kier molecular flexibility index (Phi) is 6.51. The molecule has 1 aliphatic heterocycles. The predicted octanol–water partition coefficient (Wildman–Crippen LogP) is 5.49. The number of phenols is 1. The Hall–Kier alpha value is -4.78. The molecule has 1 aromatic heterocycles. The molecule has 0 radical (unpaired) electrons. The molecule has 4 aromatic rings. The number of hydrogen-bond acceptors (Lipinski definition) is 6. The van der Waals surface area contributed by atoms with Crippen LogP contribution in [0, 0.1) is 6.92 Å². The van der Waals surface area contributed by atoms with Gasteiger partial charge in [-0.05, 0) is 72.1 Å². The minimum absolute atomic E-state index is 0.0316. The van der Waals surface area contributed by atoms with Crippen LogP contribution in [0.3, 0.4) is 0 Å². The van der Waals surface area contributed by atoms with Crippen molar-refractivity contribution >= 4 is 17.4 Å². The van der Waals surface area contributed by atoms with E-state index < -0.39 is 17.7 Å². The van der Waals surface area contributed by atoms with Crippen LogP contribution >= 0.6 is 0 Å². The van der Waals surface area contributed by atoms with Gasteiger partial charge in [-0.1, -0.05) is 36.4 Å². The van der Waals surface area contributed by atoms with Crippen LogP contribution in [-0.2, 0) is 22.7 Å². The average molecular weight is 496 g/mol. The molecule has 1 amide bonds. The number of amides is 1. The first-order chi connectivity index (χ1) is 17.9. The number of rotatable bonds is 7. The molecule has 0 saturated carbocycles. The lowest BCUT2D eigenvalue weighted by Gasteiger charge is -2.24. The Bertz CT molecular complexity index is 1450. The summed E-state index contributed by atoms with van der Waals surface area (Å²) in [6.07, 6.45) is 1.49. The first kappa shape index (κ1) is 23.9. The number of aromatic hydroxyl groups is 1. The van der Waals surface area contributed by atoms with Crippen molar-refractivity contribution in [3.8, 4) is 11.5 Å². The second kappa shape index (κ2) is 10.1. The molecule has 2 heterocycles. The molecule has 7 nitrogen and oxygen atoms in total. The van der Waals surface area contributed by atoms with Gasteiger partial charge in [0, 0.05) is 5.56 Å². The van der Waals surface area contributed by atoms with E-state index in [1.165, 1.54) is 23.3 Å². The van der Waals surface area contributed by atoms with Gasteiger partial charge in [-0.15, -0.1) is 0 Å². The number of carbonyl (C=O) groups is 2. The summed E-state index contributed by atoms with van der Waals surface area (Å²) < 4.78 is 11.3. The van der Waals surface area contributed by atoms with Crippen LogP contribution in [0.2, 0.25) is 0 Å². The SMILES string of the molecule is Cc1ccccc1COc1ccc(/C(O)=C2\C(=O)C(=O)N(Cc3ccco3)C2c2ccc(O)cc2)cc1. The van der Waals surface area contributed by atoms with Gasteiger partial charge >= 0.3 is 0 Å². The molecule has 2 N–H and O–H groups in total. The normalized spacial score (nSPS) is 16.8. The summed E-state index contributed by atoms with van der Waals surface area (Å²) in [5.74, 6) is -0.665. The van der Waals surface area contributed by atoms with E-state index in [9.17, 15) is 19.8 Å². The molecule has 3 aromatic carbocycles. The zero-order valence-electron chi connectivity index (χ0n) is 20.1. The first-order valence-corrected chi connectivity index (χ1v) is 11.8. The predicted molar refractivity (Wildman–Crippen MR) is 137 cm³/mol. The van der Waals surface area contributed by atoms with Crippen molar-refractivity contribution in [3.63, 3.8) is 0 Å². The molecule has 0 bridgehead atoms. The number of carbonyl (C=O) groups excluding carboxylic acids is 2. The Balaban J connectivity index is 1.47. The van der Waals surface area contributed by atoms with Gasteiger partial charge in [-0.25, -0.2) is 0 Å². The minimum Gasteiger partial charge on any atom is -0.508 e. The van der Waals surface area contributed by atoms with E-state index in [0.29, 0.717) is 29.2 Å². The highest BCUT2D eigenvalue weighted by Crippen LogP contribution is 2.40. The number of ether oxygens (including phenoxy) is 1. The lowest BCUT2D eigenvalue weighted by Crippen LogP contribution is -2.29. The van der Waals surface area contributed by atoms with Gasteiger partial charge < -0.3 is 24.3 Å². The van der Waals surface area contributed by atoms with E-state index >= 15 is 0 Å². The number of aliphatic hydroxyl groups is 1. The van der Waals surface area contributed by atoms with E-state index in [1.54, 1.807) is 48.5 Å². The molecule has 1 atom stereocenters. The number of benzene rings is 3. The topological polar surface area (TPSA) is 100 Å². The smallest absolute Gasteiger partial charge is 0.296 e. The lowest BCUT2D eigenvalue weighted by atomic mass is 9.95. The number of aryl methyl sites for hydroxylation is 1. The second-order valence-corrected chi connectivity index (χ2v) is 8.84. The molecular formula is C30H25NO6. The van der Waals surface area contributed by atoms with Crippen LogP contribution in [0.4, 0.5) is 0 Å². The van der Waals surface area contributed by atoms with Gasteiger partial charge in [0.15, 0.2) is 0 Å². The first-order valence-electron chi connectivity index (χ1n) is 11.8. The average Bonchev–Trinajstić information content (AvgIpc) is 3.51. The van der Waals surface area contributed by atoms with Gasteiger partial charge in [0.2, 0.25) is 0 Å². The monoisotopic (exact) mass is 495 g/mol. The van der Waals surface area contributed by atoms with E-state index in [-0.39, 0.29) is 23.6 Å². The van der Waals surface area contributed by atoms with Crippen LogP contribution in [0.5, 0.6) is 11.5 Å². The van der Waals surface area contributed by atoms with Gasteiger partial charge in [0.1, 0.15) is 29.6 Å². The number of aliphatic hydroxyl groups excluding tert-OH is 1. The highest BCUT2D eigenvalue weighted by atomic mass is 16.5. The maximum Gasteiger partial charge on any atom is 0.296 e. The molecule has 1 aliphatic rings. The molecule has 1 saturated heterocycles. The van der Waals surface area contributed by atoms with E-state index in [2.05, 4.69) is 0 Å². The summed E-state index contributed by atoms with van der Waals surface area (Å²) in [5, 5.41) is 21.0. The molecule has 186 valence electrons. The number of nitrogens with zero attached hydrogens (tertiary/aromatic N) is 1. The minimum atomic E-state index is -0.859. The highest BCUT2D eigenvalue weighted by Gasteiger charge is 2.46. The Morgan fingerprint density at radius 3 is 2.35 bits per heavy atom. The highest BCUT2D eigenvalue weighted by molar-refractivity contribution is 6.46. The molecule has 0 spiro atoms. The Morgan fingerprint density at radius 1 is 0.946 bits per heavy atom.